The number of nitrogens with zero attached hydrogens (tertiary/aromatic N) is 3. The molecule has 0 aliphatic carbocycles. The summed E-state index contributed by atoms with van der Waals surface area (Å²) in [5, 5.41) is 0. The summed E-state index contributed by atoms with van der Waals surface area (Å²) in [5.74, 6) is 0.249. The normalized spacial score (nSPS) is 10.3. The van der Waals surface area contributed by atoms with Crippen LogP contribution in [0.25, 0.3) is 11.1 Å². The van der Waals surface area contributed by atoms with Gasteiger partial charge in [0, 0.05) is 24.9 Å². The summed E-state index contributed by atoms with van der Waals surface area (Å²) < 4.78 is 0. The van der Waals surface area contributed by atoms with E-state index >= 15 is 0 Å². The number of amides is 1. The molecule has 0 bridgehead atoms. The minimum absolute atomic E-state index is 0.126. The first-order valence-electron chi connectivity index (χ1n) is 7.40. The molecule has 4 heteroatoms. The van der Waals surface area contributed by atoms with E-state index in [1.165, 1.54) is 17.4 Å². The van der Waals surface area contributed by atoms with Crippen molar-refractivity contribution in [3.63, 3.8) is 0 Å². The van der Waals surface area contributed by atoms with Crippen molar-refractivity contribution in [2.75, 3.05) is 4.90 Å². The Hall–Kier alpha value is -3.01. The SMILES string of the molecule is CC(=O)N(c1ccccc1)c1ncc(-c2ccc(C)cc2)cn1. The fraction of sp³-hybridized carbons (Fsp3) is 0.105. The lowest BCUT2D eigenvalue weighted by Crippen LogP contribution is -2.24. The van der Waals surface area contributed by atoms with Crippen LogP contribution in [0.1, 0.15) is 12.5 Å². The van der Waals surface area contributed by atoms with Gasteiger partial charge in [0.05, 0.1) is 5.69 Å². The summed E-state index contributed by atoms with van der Waals surface area (Å²) in [6.07, 6.45) is 3.48. The van der Waals surface area contributed by atoms with E-state index in [-0.39, 0.29) is 5.91 Å². The first-order valence-corrected chi connectivity index (χ1v) is 7.40. The number of hydrogen-bond acceptors (Lipinski definition) is 3. The number of rotatable bonds is 3. The van der Waals surface area contributed by atoms with E-state index < -0.39 is 0 Å². The van der Waals surface area contributed by atoms with Gasteiger partial charge in [-0.25, -0.2) is 14.9 Å². The summed E-state index contributed by atoms with van der Waals surface area (Å²) in [6.45, 7) is 3.55. The molecule has 0 saturated heterocycles. The Morgan fingerprint density at radius 2 is 1.48 bits per heavy atom. The summed E-state index contributed by atoms with van der Waals surface area (Å²) in [7, 11) is 0. The van der Waals surface area contributed by atoms with Gasteiger partial charge in [0.2, 0.25) is 11.9 Å². The van der Waals surface area contributed by atoms with E-state index in [9.17, 15) is 4.79 Å². The number of para-hydroxylation sites is 1. The Bertz CT molecular complexity index is 796. The Morgan fingerprint density at radius 3 is 2.04 bits per heavy atom. The van der Waals surface area contributed by atoms with Crippen molar-refractivity contribution in [2.45, 2.75) is 13.8 Å². The highest BCUT2D eigenvalue weighted by molar-refractivity contribution is 5.97. The number of carbonyl (C=O) groups excluding carboxylic acids is 1. The predicted octanol–water partition coefficient (Wildman–Crippen LogP) is 4.14. The number of hydrogen-bond donors (Lipinski definition) is 0. The largest absolute Gasteiger partial charge is 0.274 e. The van der Waals surface area contributed by atoms with E-state index in [4.69, 9.17) is 0 Å². The molecule has 0 unspecified atom stereocenters. The van der Waals surface area contributed by atoms with Crippen LogP contribution in [0.2, 0.25) is 0 Å². The second kappa shape index (κ2) is 6.40. The first kappa shape index (κ1) is 14.9. The van der Waals surface area contributed by atoms with Crippen LogP contribution in [-0.2, 0) is 4.79 Å². The zero-order chi connectivity index (χ0) is 16.2. The standard InChI is InChI=1S/C19H17N3O/c1-14-8-10-16(11-9-14)17-12-20-19(21-13-17)22(15(2)23)18-6-4-3-5-7-18/h3-13H,1-2H3. The van der Waals surface area contributed by atoms with E-state index in [2.05, 4.69) is 22.1 Å². The molecule has 0 N–H and O–H groups in total. The third-order valence-corrected chi connectivity index (χ3v) is 3.55. The predicted molar refractivity (Wildman–Crippen MR) is 91.5 cm³/mol. The first-order chi connectivity index (χ1) is 11.1. The van der Waals surface area contributed by atoms with Crippen LogP contribution in [0.3, 0.4) is 0 Å². The third kappa shape index (κ3) is 3.26. The van der Waals surface area contributed by atoms with Crippen LogP contribution in [-0.4, -0.2) is 15.9 Å². The average Bonchev–Trinajstić information content (AvgIpc) is 2.57. The topological polar surface area (TPSA) is 46.1 Å². The number of aromatic nitrogens is 2. The number of carbonyl (C=O) groups is 1. The summed E-state index contributed by atoms with van der Waals surface area (Å²) >= 11 is 0. The van der Waals surface area contributed by atoms with Gasteiger partial charge in [0.25, 0.3) is 0 Å². The molecule has 1 aromatic heterocycles. The molecule has 23 heavy (non-hydrogen) atoms. The average molecular weight is 303 g/mol. The molecule has 0 aliphatic rings. The smallest absolute Gasteiger partial charge is 0.236 e. The molecule has 1 amide bonds. The van der Waals surface area contributed by atoms with Gasteiger partial charge in [-0.2, -0.15) is 0 Å². The van der Waals surface area contributed by atoms with Crippen LogP contribution in [0.15, 0.2) is 67.0 Å². The Labute approximate surface area is 135 Å². The van der Waals surface area contributed by atoms with Gasteiger partial charge in [0.1, 0.15) is 0 Å². The van der Waals surface area contributed by atoms with E-state index in [1.807, 2.05) is 49.4 Å². The highest BCUT2D eigenvalue weighted by Gasteiger charge is 2.16. The van der Waals surface area contributed by atoms with Crippen LogP contribution >= 0.6 is 0 Å². The Balaban J connectivity index is 1.94. The molecule has 0 saturated carbocycles. The van der Waals surface area contributed by atoms with E-state index in [1.54, 1.807) is 12.4 Å². The van der Waals surface area contributed by atoms with Gasteiger partial charge in [-0.3, -0.25) is 4.79 Å². The van der Waals surface area contributed by atoms with Crippen molar-refractivity contribution >= 4 is 17.5 Å². The lowest BCUT2D eigenvalue weighted by atomic mass is 10.1. The van der Waals surface area contributed by atoms with Crippen molar-refractivity contribution in [3.05, 3.63) is 72.6 Å². The van der Waals surface area contributed by atoms with Crippen LogP contribution < -0.4 is 4.90 Å². The maximum absolute atomic E-state index is 12.0. The van der Waals surface area contributed by atoms with Gasteiger partial charge in [-0.15, -0.1) is 0 Å². The number of anilines is 2. The molecule has 3 rings (SSSR count). The van der Waals surface area contributed by atoms with Crippen molar-refractivity contribution in [3.8, 4) is 11.1 Å². The van der Waals surface area contributed by atoms with Crippen molar-refractivity contribution < 1.29 is 4.79 Å². The quantitative estimate of drug-likeness (QED) is 0.730. The Morgan fingerprint density at radius 1 is 0.870 bits per heavy atom. The van der Waals surface area contributed by atoms with Crippen LogP contribution in [0.4, 0.5) is 11.6 Å². The highest BCUT2D eigenvalue weighted by atomic mass is 16.2. The zero-order valence-electron chi connectivity index (χ0n) is 13.1. The lowest BCUT2D eigenvalue weighted by molar-refractivity contribution is -0.115. The monoisotopic (exact) mass is 303 g/mol. The molecule has 0 aliphatic heterocycles. The molecule has 4 nitrogen and oxygen atoms in total. The minimum atomic E-state index is -0.126. The van der Waals surface area contributed by atoms with Gasteiger partial charge in [-0.1, -0.05) is 48.0 Å². The lowest BCUT2D eigenvalue weighted by Gasteiger charge is -2.18. The van der Waals surface area contributed by atoms with Gasteiger partial charge in [0.15, 0.2) is 0 Å². The molecular weight excluding hydrogens is 286 g/mol. The van der Waals surface area contributed by atoms with Gasteiger partial charge in [-0.05, 0) is 24.6 Å². The molecule has 114 valence electrons. The van der Waals surface area contributed by atoms with Crippen LogP contribution in [0, 0.1) is 6.92 Å². The Kier molecular flexibility index (Phi) is 4.15. The molecule has 0 spiro atoms. The minimum Gasteiger partial charge on any atom is -0.274 e. The molecule has 3 aromatic rings. The van der Waals surface area contributed by atoms with Crippen molar-refractivity contribution in [1.82, 2.24) is 9.97 Å². The number of benzene rings is 2. The van der Waals surface area contributed by atoms with Gasteiger partial charge < -0.3 is 0 Å². The van der Waals surface area contributed by atoms with E-state index in [0.29, 0.717) is 5.95 Å². The maximum Gasteiger partial charge on any atom is 0.236 e. The molecule has 0 fully saturated rings. The second-order valence-electron chi connectivity index (χ2n) is 5.33. The van der Waals surface area contributed by atoms with Crippen molar-refractivity contribution in [1.29, 1.82) is 0 Å². The second-order valence-corrected chi connectivity index (χ2v) is 5.33. The molecular formula is C19H17N3O. The molecule has 2 aromatic carbocycles. The summed E-state index contributed by atoms with van der Waals surface area (Å²) in [6, 6.07) is 17.6. The number of aryl methyl sites for hydroxylation is 1. The summed E-state index contributed by atoms with van der Waals surface area (Å²) in [5.41, 5.74) is 3.93. The van der Waals surface area contributed by atoms with Crippen molar-refractivity contribution in [2.24, 2.45) is 0 Å². The highest BCUT2D eigenvalue weighted by Crippen LogP contribution is 2.24. The molecule has 0 radical (unpaired) electrons. The maximum atomic E-state index is 12.0. The van der Waals surface area contributed by atoms with Crippen LogP contribution in [0.5, 0.6) is 0 Å². The molecule has 1 heterocycles. The summed E-state index contributed by atoms with van der Waals surface area (Å²) in [4.78, 5) is 22.2. The zero-order valence-corrected chi connectivity index (χ0v) is 13.1. The van der Waals surface area contributed by atoms with Gasteiger partial charge >= 0.3 is 0 Å². The molecule has 0 atom stereocenters. The third-order valence-electron chi connectivity index (χ3n) is 3.55. The fourth-order valence-electron chi connectivity index (χ4n) is 2.35. The fourth-order valence-corrected chi connectivity index (χ4v) is 2.35. The van der Waals surface area contributed by atoms with E-state index in [0.717, 1.165) is 16.8 Å².